The summed E-state index contributed by atoms with van der Waals surface area (Å²) in [4.78, 5) is 7.93. The molecule has 2 aliphatic heterocycles. The van der Waals surface area contributed by atoms with Crippen LogP contribution in [0.2, 0.25) is 0 Å². The first-order chi connectivity index (χ1) is 44.8. The van der Waals surface area contributed by atoms with Gasteiger partial charge < -0.3 is 14.7 Å². The molecule has 3 heterocycles. The second kappa shape index (κ2) is 23.2. The zero-order valence-corrected chi connectivity index (χ0v) is 59.5. The van der Waals surface area contributed by atoms with Crippen LogP contribution < -0.4 is 51.1 Å². The topological polar surface area (TPSA) is 9.72 Å². The van der Waals surface area contributed by atoms with Crippen LogP contribution in [-0.2, 0) is 27.1 Å². The summed E-state index contributed by atoms with van der Waals surface area (Å²) in [5.41, 5.74) is 21.6. The summed E-state index contributed by atoms with van der Waals surface area (Å²) < 4.78 is 2.64. The van der Waals surface area contributed by atoms with Crippen LogP contribution in [0.5, 0.6) is 0 Å². The van der Waals surface area contributed by atoms with Gasteiger partial charge in [-0.2, -0.15) is 0 Å². The van der Waals surface area contributed by atoms with Gasteiger partial charge in [0.05, 0.1) is 11.4 Å². The quantitative estimate of drug-likeness (QED) is 0.0998. The molecule has 6 heteroatoms. The van der Waals surface area contributed by atoms with E-state index in [2.05, 4.69) is 379 Å². The van der Waals surface area contributed by atoms with Gasteiger partial charge in [-0.1, -0.05) is 286 Å². The second-order valence-corrected chi connectivity index (χ2v) is 36.4. The number of rotatable bonds is 10. The molecular weight excluding hydrogens is 1170 g/mol. The first kappa shape index (κ1) is 62.5. The normalized spacial score (nSPS) is 13.4. The van der Waals surface area contributed by atoms with Crippen molar-refractivity contribution in [2.24, 2.45) is 0 Å². The van der Waals surface area contributed by atoms with Crippen molar-refractivity contribution in [3.63, 3.8) is 0 Å². The lowest BCUT2D eigenvalue weighted by atomic mass is 9.36. The van der Waals surface area contributed by atoms with Gasteiger partial charge in [-0.05, 0) is 171 Å². The molecule has 0 amide bonds. The van der Waals surface area contributed by atoms with Crippen molar-refractivity contribution in [1.29, 1.82) is 0 Å². The van der Waals surface area contributed by atoms with Crippen molar-refractivity contribution < 1.29 is 0 Å². The predicted octanol–water partition coefficient (Wildman–Crippen LogP) is 20.0. The van der Waals surface area contributed by atoms with Crippen molar-refractivity contribution in [3.05, 3.63) is 289 Å². The van der Waals surface area contributed by atoms with Crippen molar-refractivity contribution in [2.75, 3.05) is 14.7 Å². The zero-order valence-electron chi connectivity index (χ0n) is 57.7. The minimum atomic E-state index is -3.25. The Morgan fingerprint density at radius 2 is 0.734 bits per heavy atom. The van der Waals surface area contributed by atoms with E-state index in [1.54, 1.807) is 0 Å². The summed E-state index contributed by atoms with van der Waals surface area (Å²) in [6.45, 7) is 34.7. The summed E-state index contributed by atoms with van der Waals surface area (Å²) in [6, 6.07) is 102. The molecule has 12 aromatic rings. The first-order valence-corrected chi connectivity index (χ1v) is 36.6. The molecule has 0 saturated carbocycles. The third kappa shape index (κ3) is 10.9. The molecule has 0 unspecified atom stereocenters. The van der Waals surface area contributed by atoms with Gasteiger partial charge in [0.1, 0.15) is 0 Å². The predicted molar refractivity (Wildman–Crippen MR) is 413 cm³/mol. The number of hydrogen-bond acceptors (Lipinski definition) is 4. The maximum absolute atomic E-state index is 3.25. The average molecular weight is 1260 g/mol. The molecule has 0 saturated heterocycles. The highest BCUT2D eigenvalue weighted by atomic mass is 32.1. The van der Waals surface area contributed by atoms with Crippen LogP contribution in [0.25, 0.3) is 21.2 Å². The fourth-order valence-electron chi connectivity index (χ4n) is 14.7. The molecular formula is C88H88BN3SSi. The molecule has 0 spiro atoms. The molecule has 1 aromatic heterocycles. The zero-order chi connectivity index (χ0) is 65.9. The van der Waals surface area contributed by atoms with E-state index in [0.717, 1.165) is 39.7 Å². The molecule has 0 N–H and O–H groups in total. The summed E-state index contributed by atoms with van der Waals surface area (Å²) in [5.74, 6) is 0. The Bertz CT molecular complexity index is 4600. The van der Waals surface area contributed by atoms with Crippen molar-refractivity contribution in [3.8, 4) is 11.1 Å². The number of fused-ring (bicyclic) bond motifs is 6. The molecule has 0 aliphatic carbocycles. The van der Waals surface area contributed by atoms with E-state index in [4.69, 9.17) is 0 Å². The Hall–Kier alpha value is -8.94. The van der Waals surface area contributed by atoms with Crippen LogP contribution in [0, 0.1) is 0 Å². The molecule has 0 radical (unpaired) electrons. The number of thiophene rings is 1. The molecule has 2 aliphatic rings. The highest BCUT2D eigenvalue weighted by Crippen LogP contribution is 2.52. The van der Waals surface area contributed by atoms with Crippen molar-refractivity contribution in [2.45, 2.75) is 131 Å². The second-order valence-electron chi connectivity index (χ2n) is 31.5. The van der Waals surface area contributed by atoms with Gasteiger partial charge >= 0.3 is 0 Å². The molecule has 14 rings (SSSR count). The Kier molecular flexibility index (Phi) is 15.4. The lowest BCUT2D eigenvalue weighted by molar-refractivity contribution is 0.590. The number of hydrogen-bond donors (Lipinski definition) is 0. The summed E-state index contributed by atoms with van der Waals surface area (Å²) in [7, 11) is -3.25. The standard InChI is InChI=1S/C88H88BN3SSi/c1-84(2,3)60-36-45-65(46-37-60)90(66-47-38-61(39-48-66)85(4,5)6)76-58-77-75(57-73(76)59-28-20-16-21-29-59)89-81-78(91(77)67-49-40-62(41-50-67)86(7,8)9)55-72(94(69-30-22-17-23-31-69,70-32-24-18-25-33-70)71-34-26-19-27-35-71)56-79(81)92(68-51-42-63(43-52-68)87(10,11)12)82-74-54-64(88(13,14)15)44-53-80(74)93-83(82)89/h16-58H,1-15H3. The minimum absolute atomic E-state index is 0.0277. The van der Waals surface area contributed by atoms with Crippen LogP contribution in [0.15, 0.2) is 261 Å². The van der Waals surface area contributed by atoms with E-state index in [0.29, 0.717) is 0 Å². The van der Waals surface area contributed by atoms with Crippen LogP contribution >= 0.6 is 11.3 Å². The summed E-state index contributed by atoms with van der Waals surface area (Å²) >= 11 is 1.98. The van der Waals surface area contributed by atoms with Crippen LogP contribution in [0.4, 0.5) is 51.2 Å². The summed E-state index contributed by atoms with van der Waals surface area (Å²) in [5, 5.41) is 6.61. The van der Waals surface area contributed by atoms with Crippen LogP contribution in [0.3, 0.4) is 0 Å². The van der Waals surface area contributed by atoms with Gasteiger partial charge in [-0.3, -0.25) is 0 Å². The maximum Gasteiger partial charge on any atom is 0.264 e. The molecule has 0 bridgehead atoms. The smallest absolute Gasteiger partial charge is 0.264 e. The monoisotopic (exact) mass is 1260 g/mol. The van der Waals surface area contributed by atoms with E-state index >= 15 is 0 Å². The maximum atomic E-state index is 2.70. The molecule has 0 fully saturated rings. The highest BCUT2D eigenvalue weighted by molar-refractivity contribution is 7.33. The third-order valence-corrected chi connectivity index (χ3v) is 26.0. The molecule has 94 heavy (non-hydrogen) atoms. The lowest BCUT2D eigenvalue weighted by Crippen LogP contribution is -2.75. The summed E-state index contributed by atoms with van der Waals surface area (Å²) in [6.07, 6.45) is 0. The van der Waals surface area contributed by atoms with E-state index < -0.39 is 8.07 Å². The molecule has 11 aromatic carbocycles. The molecule has 3 nitrogen and oxygen atoms in total. The van der Waals surface area contributed by atoms with Gasteiger partial charge in [0.25, 0.3) is 6.71 Å². The Labute approximate surface area is 565 Å². The fourth-order valence-corrected chi connectivity index (χ4v) is 20.8. The minimum Gasteiger partial charge on any atom is -0.311 e. The van der Waals surface area contributed by atoms with Gasteiger partial charge in [-0.25, -0.2) is 0 Å². The van der Waals surface area contributed by atoms with Crippen LogP contribution in [0.1, 0.15) is 132 Å². The van der Waals surface area contributed by atoms with Gasteiger partial charge in [0.15, 0.2) is 8.07 Å². The van der Waals surface area contributed by atoms with Gasteiger partial charge in [-0.15, -0.1) is 11.3 Å². The van der Waals surface area contributed by atoms with E-state index in [1.807, 2.05) is 11.3 Å². The number of nitrogens with zero attached hydrogens (tertiary/aromatic N) is 3. The van der Waals surface area contributed by atoms with Gasteiger partial charge in [0, 0.05) is 60.2 Å². The highest BCUT2D eigenvalue weighted by Gasteiger charge is 2.50. The third-order valence-electron chi connectivity index (χ3n) is 20.0. The van der Waals surface area contributed by atoms with Crippen molar-refractivity contribution >= 4 is 124 Å². The Morgan fingerprint density at radius 3 is 1.16 bits per heavy atom. The molecule has 0 atom stereocenters. The van der Waals surface area contributed by atoms with Crippen LogP contribution in [-0.4, -0.2) is 14.8 Å². The lowest BCUT2D eigenvalue weighted by Gasteiger charge is -2.45. The number of benzene rings is 11. The largest absolute Gasteiger partial charge is 0.311 e. The van der Waals surface area contributed by atoms with E-state index in [9.17, 15) is 0 Å². The molecule has 468 valence electrons. The fraction of sp³-hybridized carbons (Fsp3) is 0.227. The van der Waals surface area contributed by atoms with E-state index in [-0.39, 0.29) is 33.8 Å². The SMILES string of the molecule is CC(C)(C)c1ccc(N(c2ccc(C(C)(C)C)cc2)c2cc3c(cc2-c2ccccc2)B2c4sc5ccc(C(C)(C)C)cc5c4N(c4ccc(C(C)(C)C)cc4)c4cc([Si](c5ccccc5)(c5ccccc5)c5ccccc5)cc(c42)N3c2ccc(C(C)(C)C)cc2)cc1. The van der Waals surface area contributed by atoms with E-state index in [1.165, 1.54) is 97.0 Å². The number of anilines is 9. The average Bonchev–Trinajstić information content (AvgIpc) is 1.20. The van der Waals surface area contributed by atoms with Crippen molar-refractivity contribution in [1.82, 2.24) is 0 Å². The Balaban J connectivity index is 1.18. The van der Waals surface area contributed by atoms with Gasteiger partial charge in [0.2, 0.25) is 0 Å². The Morgan fingerprint density at radius 1 is 0.351 bits per heavy atom. The first-order valence-electron chi connectivity index (χ1n) is 33.8.